The average molecular weight is 430 g/mol. The van der Waals surface area contributed by atoms with Gasteiger partial charge in [-0.1, -0.05) is 18.2 Å². The number of aromatic nitrogens is 4. The van der Waals surface area contributed by atoms with Crippen LogP contribution < -0.4 is 4.74 Å². The fourth-order valence-electron chi connectivity index (χ4n) is 3.99. The van der Waals surface area contributed by atoms with Crippen molar-refractivity contribution in [2.45, 2.75) is 30.1 Å². The van der Waals surface area contributed by atoms with E-state index in [9.17, 15) is 13.2 Å². The number of hydrogen-bond acceptors (Lipinski definition) is 7. The highest BCUT2D eigenvalue weighted by atomic mass is 32.2. The first kappa shape index (κ1) is 20.3. The summed E-state index contributed by atoms with van der Waals surface area (Å²) >= 11 is 0. The molecule has 1 amide bonds. The maximum Gasteiger partial charge on any atom is 0.252 e. The second-order valence-electron chi connectivity index (χ2n) is 7.42. The molecular formula is C20H23N5O4S. The van der Waals surface area contributed by atoms with E-state index >= 15 is 0 Å². The summed E-state index contributed by atoms with van der Waals surface area (Å²) < 4.78 is 31.6. The van der Waals surface area contributed by atoms with Crippen molar-refractivity contribution in [3.05, 3.63) is 48.0 Å². The molecule has 1 aliphatic rings. The summed E-state index contributed by atoms with van der Waals surface area (Å²) in [6, 6.07) is 7.45. The molecule has 2 aromatic heterocycles. The number of para-hydroxylation sites is 1. The van der Waals surface area contributed by atoms with Gasteiger partial charge in [-0.15, -0.1) is 0 Å². The van der Waals surface area contributed by atoms with E-state index in [1.165, 1.54) is 17.0 Å². The summed E-state index contributed by atoms with van der Waals surface area (Å²) in [4.78, 5) is 23.1. The molecule has 158 valence electrons. The van der Waals surface area contributed by atoms with Gasteiger partial charge in [0, 0.05) is 30.8 Å². The van der Waals surface area contributed by atoms with E-state index in [0.29, 0.717) is 30.3 Å². The van der Waals surface area contributed by atoms with Crippen LogP contribution in [0.4, 0.5) is 0 Å². The monoisotopic (exact) mass is 429 g/mol. The number of nitrogens with zero attached hydrogens (tertiary/aromatic N) is 5. The molecule has 0 bridgehead atoms. The number of piperidine rings is 1. The highest BCUT2D eigenvalue weighted by Gasteiger charge is 2.31. The number of likely N-dealkylation sites (tertiary alicyclic amines) is 1. The summed E-state index contributed by atoms with van der Waals surface area (Å²) in [5.41, 5.74) is 1.36. The molecule has 1 unspecified atom stereocenters. The minimum absolute atomic E-state index is 0.0194. The Labute approximate surface area is 174 Å². The molecule has 0 N–H and O–H groups in total. The molecule has 1 fully saturated rings. The van der Waals surface area contributed by atoms with Gasteiger partial charge in [0.25, 0.3) is 5.78 Å². The number of carbonyl (C=O) groups excluding carboxylic acids is 1. The summed E-state index contributed by atoms with van der Waals surface area (Å²) in [6.45, 7) is 1.04. The molecule has 3 heterocycles. The quantitative estimate of drug-likeness (QED) is 0.605. The lowest BCUT2D eigenvalue weighted by Gasteiger charge is -2.33. The first-order valence-electron chi connectivity index (χ1n) is 9.67. The largest absolute Gasteiger partial charge is 0.496 e. The Morgan fingerprint density at radius 3 is 2.83 bits per heavy atom. The number of hydrogen-bond donors (Lipinski definition) is 0. The van der Waals surface area contributed by atoms with E-state index in [4.69, 9.17) is 4.74 Å². The van der Waals surface area contributed by atoms with Gasteiger partial charge in [-0.2, -0.15) is 14.6 Å². The number of rotatable bonds is 5. The number of amides is 1. The van der Waals surface area contributed by atoms with Crippen LogP contribution in [0.1, 0.15) is 30.0 Å². The van der Waals surface area contributed by atoms with Gasteiger partial charge < -0.3 is 9.64 Å². The molecule has 3 aromatic rings. The second-order valence-corrected chi connectivity index (χ2v) is 9.40. The highest BCUT2D eigenvalue weighted by molar-refractivity contribution is 7.90. The summed E-state index contributed by atoms with van der Waals surface area (Å²) in [7, 11) is -1.94. The Morgan fingerprint density at radius 1 is 1.27 bits per heavy atom. The molecule has 9 nitrogen and oxygen atoms in total. The van der Waals surface area contributed by atoms with Crippen LogP contribution in [0.2, 0.25) is 0 Å². The maximum atomic E-state index is 13.0. The van der Waals surface area contributed by atoms with Crippen LogP contribution in [-0.2, 0) is 21.1 Å². The predicted octanol–water partition coefficient (Wildman–Crippen LogP) is 1.49. The Balaban J connectivity index is 1.63. The molecular weight excluding hydrogens is 406 g/mol. The topological polar surface area (TPSA) is 107 Å². The molecule has 0 radical (unpaired) electrons. The number of benzene rings is 1. The van der Waals surface area contributed by atoms with Gasteiger partial charge in [0.15, 0.2) is 9.84 Å². The van der Waals surface area contributed by atoms with Gasteiger partial charge >= 0.3 is 0 Å². The Bertz CT molecular complexity index is 1190. The maximum absolute atomic E-state index is 13.0. The number of methoxy groups -OCH3 is 1. The lowest BCUT2D eigenvalue weighted by Crippen LogP contribution is -2.40. The Hall–Kier alpha value is -3.01. The van der Waals surface area contributed by atoms with Crippen molar-refractivity contribution in [3.63, 3.8) is 0 Å². The average Bonchev–Trinajstić information content (AvgIpc) is 3.21. The van der Waals surface area contributed by atoms with Crippen molar-refractivity contribution < 1.29 is 17.9 Å². The molecule has 10 heteroatoms. The molecule has 4 rings (SSSR count). The number of ether oxygens (including phenoxy) is 1. The molecule has 1 aliphatic heterocycles. The molecule has 1 aromatic carbocycles. The molecule has 0 aliphatic carbocycles. The third-order valence-corrected chi connectivity index (χ3v) is 6.52. The van der Waals surface area contributed by atoms with Crippen molar-refractivity contribution in [1.29, 1.82) is 0 Å². The van der Waals surface area contributed by atoms with Crippen LogP contribution in [0.5, 0.6) is 5.75 Å². The van der Waals surface area contributed by atoms with Gasteiger partial charge in [-0.25, -0.2) is 13.4 Å². The Morgan fingerprint density at radius 2 is 2.07 bits per heavy atom. The van der Waals surface area contributed by atoms with Gasteiger partial charge in [0.05, 0.1) is 25.4 Å². The summed E-state index contributed by atoms with van der Waals surface area (Å²) in [5, 5.41) is 4.19. The van der Waals surface area contributed by atoms with E-state index in [1.54, 1.807) is 12.0 Å². The predicted molar refractivity (Wildman–Crippen MR) is 109 cm³/mol. The van der Waals surface area contributed by atoms with E-state index in [0.717, 1.165) is 24.7 Å². The number of fused-ring (bicyclic) bond motifs is 1. The summed E-state index contributed by atoms with van der Waals surface area (Å²) in [6.07, 6.45) is 5.59. The van der Waals surface area contributed by atoms with Gasteiger partial charge in [0.2, 0.25) is 5.91 Å². The van der Waals surface area contributed by atoms with Crippen molar-refractivity contribution in [2.75, 3.05) is 26.5 Å². The minimum Gasteiger partial charge on any atom is -0.496 e. The van der Waals surface area contributed by atoms with E-state index in [2.05, 4.69) is 15.1 Å². The lowest BCUT2D eigenvalue weighted by molar-refractivity contribution is -0.131. The molecule has 0 spiro atoms. The van der Waals surface area contributed by atoms with Crippen molar-refractivity contribution >= 4 is 21.5 Å². The van der Waals surface area contributed by atoms with Gasteiger partial charge in [-0.3, -0.25) is 4.79 Å². The molecule has 1 atom stereocenters. The highest BCUT2D eigenvalue weighted by Crippen LogP contribution is 2.31. The zero-order chi connectivity index (χ0) is 21.3. The van der Waals surface area contributed by atoms with Crippen molar-refractivity contribution in [2.24, 2.45) is 0 Å². The standard InChI is InChI=1S/C20H23N5O4S/c1-29-16-8-4-3-6-14(16)10-18(26)24-9-5-7-15(12-24)19-17(30(2,27)28)11-21-20-22-13-23-25(19)20/h3-4,6,8,11,13,15H,5,7,9-10,12H2,1-2H3. The van der Waals surface area contributed by atoms with Crippen LogP contribution in [-0.4, -0.2) is 65.3 Å². The van der Waals surface area contributed by atoms with Gasteiger partial charge in [-0.05, 0) is 18.9 Å². The first-order chi connectivity index (χ1) is 14.4. The lowest BCUT2D eigenvalue weighted by atomic mass is 9.94. The Kier molecular flexibility index (Phi) is 5.42. The number of sulfone groups is 1. The number of carbonyl (C=O) groups is 1. The molecule has 0 saturated carbocycles. The van der Waals surface area contributed by atoms with Crippen LogP contribution in [0.15, 0.2) is 41.7 Å². The van der Waals surface area contributed by atoms with Crippen LogP contribution in [0.25, 0.3) is 5.78 Å². The fourth-order valence-corrected chi connectivity index (χ4v) is 4.87. The second kappa shape index (κ2) is 8.02. The minimum atomic E-state index is -3.52. The van der Waals surface area contributed by atoms with Crippen molar-refractivity contribution in [3.8, 4) is 5.75 Å². The molecule has 30 heavy (non-hydrogen) atoms. The van der Waals surface area contributed by atoms with E-state index in [1.807, 2.05) is 24.3 Å². The van der Waals surface area contributed by atoms with Crippen LogP contribution in [0, 0.1) is 0 Å². The molecule has 1 saturated heterocycles. The van der Waals surface area contributed by atoms with Crippen LogP contribution in [0.3, 0.4) is 0 Å². The van der Waals surface area contributed by atoms with E-state index in [-0.39, 0.29) is 23.1 Å². The SMILES string of the molecule is COc1ccccc1CC(=O)N1CCCC(c2c(S(C)(=O)=O)cnc3ncnn23)C1. The van der Waals surface area contributed by atoms with Crippen molar-refractivity contribution in [1.82, 2.24) is 24.5 Å². The zero-order valence-electron chi connectivity index (χ0n) is 16.9. The van der Waals surface area contributed by atoms with E-state index < -0.39 is 9.84 Å². The third kappa shape index (κ3) is 3.87. The summed E-state index contributed by atoms with van der Waals surface area (Å²) in [5.74, 6) is 0.818. The third-order valence-electron chi connectivity index (χ3n) is 5.40. The van der Waals surface area contributed by atoms with Gasteiger partial charge in [0.1, 0.15) is 17.0 Å². The van der Waals surface area contributed by atoms with Crippen LogP contribution >= 0.6 is 0 Å². The smallest absolute Gasteiger partial charge is 0.252 e. The first-order valence-corrected chi connectivity index (χ1v) is 11.6. The zero-order valence-corrected chi connectivity index (χ0v) is 17.7. The normalized spacial score (nSPS) is 17.3. The fraction of sp³-hybridized carbons (Fsp3) is 0.400.